The number of fused-ring (bicyclic) bond motifs is 1. The van der Waals surface area contributed by atoms with E-state index in [-0.39, 0.29) is 5.82 Å². The van der Waals surface area contributed by atoms with E-state index in [1.165, 1.54) is 12.1 Å². The Morgan fingerprint density at radius 2 is 1.95 bits per heavy atom. The zero-order valence-electron chi connectivity index (χ0n) is 11.5. The fourth-order valence-corrected chi connectivity index (χ4v) is 2.86. The second-order valence-electron chi connectivity index (χ2n) is 5.36. The molecular weight excluding hydrogens is 269 g/mol. The van der Waals surface area contributed by atoms with Crippen molar-refractivity contribution in [1.29, 1.82) is 0 Å². The van der Waals surface area contributed by atoms with Crippen LogP contribution in [0, 0.1) is 5.82 Å². The molecule has 0 aliphatic carbocycles. The van der Waals surface area contributed by atoms with Gasteiger partial charge in [-0.3, -0.25) is 9.69 Å². The standard InChI is InChI=1S/C17H16FNO2/c18-15-7-3-4-12(8-15)10-19-11-14-6-2-1-5-13(14)9-16(19)17(20)21/h1-8,16H,9-11H2,(H,20,21). The largest absolute Gasteiger partial charge is 0.480 e. The van der Waals surface area contributed by atoms with E-state index < -0.39 is 12.0 Å². The summed E-state index contributed by atoms with van der Waals surface area (Å²) in [5.41, 5.74) is 3.02. The van der Waals surface area contributed by atoms with Crippen molar-refractivity contribution in [1.82, 2.24) is 4.90 Å². The average Bonchev–Trinajstić information content (AvgIpc) is 2.46. The van der Waals surface area contributed by atoms with Crippen LogP contribution in [0.1, 0.15) is 16.7 Å². The van der Waals surface area contributed by atoms with Crippen LogP contribution in [-0.2, 0) is 24.3 Å². The van der Waals surface area contributed by atoms with Crippen LogP contribution < -0.4 is 0 Å². The predicted molar refractivity (Wildman–Crippen MR) is 77.2 cm³/mol. The topological polar surface area (TPSA) is 40.5 Å². The number of carbonyl (C=O) groups is 1. The smallest absolute Gasteiger partial charge is 0.321 e. The van der Waals surface area contributed by atoms with Crippen molar-refractivity contribution in [3.8, 4) is 0 Å². The summed E-state index contributed by atoms with van der Waals surface area (Å²) in [6.45, 7) is 1.01. The molecule has 0 amide bonds. The Bertz CT molecular complexity index is 671. The molecule has 0 radical (unpaired) electrons. The monoisotopic (exact) mass is 285 g/mol. The summed E-state index contributed by atoms with van der Waals surface area (Å²) in [6.07, 6.45) is 0.487. The van der Waals surface area contributed by atoms with Gasteiger partial charge in [0.2, 0.25) is 0 Å². The Morgan fingerprint density at radius 1 is 1.19 bits per heavy atom. The van der Waals surface area contributed by atoms with E-state index in [4.69, 9.17) is 0 Å². The first kappa shape index (κ1) is 13.8. The van der Waals surface area contributed by atoms with Crippen molar-refractivity contribution in [2.75, 3.05) is 0 Å². The zero-order chi connectivity index (χ0) is 14.8. The van der Waals surface area contributed by atoms with Crippen molar-refractivity contribution in [3.63, 3.8) is 0 Å². The van der Waals surface area contributed by atoms with Gasteiger partial charge in [-0.1, -0.05) is 36.4 Å². The lowest BCUT2D eigenvalue weighted by molar-refractivity contribution is -0.144. The quantitative estimate of drug-likeness (QED) is 0.942. The summed E-state index contributed by atoms with van der Waals surface area (Å²) in [6, 6.07) is 13.6. The Hall–Kier alpha value is -2.20. The van der Waals surface area contributed by atoms with E-state index in [1.807, 2.05) is 35.2 Å². The molecule has 108 valence electrons. The molecular formula is C17H16FNO2. The van der Waals surface area contributed by atoms with Crippen LogP contribution in [0.2, 0.25) is 0 Å². The van der Waals surface area contributed by atoms with Gasteiger partial charge in [0.1, 0.15) is 11.9 Å². The third-order valence-corrected chi connectivity index (χ3v) is 3.91. The molecule has 21 heavy (non-hydrogen) atoms. The van der Waals surface area contributed by atoms with Crippen molar-refractivity contribution in [2.45, 2.75) is 25.6 Å². The molecule has 4 heteroatoms. The molecule has 3 nitrogen and oxygen atoms in total. The van der Waals surface area contributed by atoms with Crippen LogP contribution in [-0.4, -0.2) is 22.0 Å². The third-order valence-electron chi connectivity index (χ3n) is 3.91. The molecule has 2 aromatic carbocycles. The third kappa shape index (κ3) is 2.95. The number of hydrogen-bond acceptors (Lipinski definition) is 2. The van der Waals surface area contributed by atoms with E-state index in [1.54, 1.807) is 6.07 Å². The van der Waals surface area contributed by atoms with Gasteiger partial charge in [0.15, 0.2) is 0 Å². The summed E-state index contributed by atoms with van der Waals surface area (Å²) >= 11 is 0. The van der Waals surface area contributed by atoms with Gasteiger partial charge in [0.25, 0.3) is 0 Å². The van der Waals surface area contributed by atoms with Crippen molar-refractivity contribution < 1.29 is 14.3 Å². The molecule has 1 aliphatic rings. The van der Waals surface area contributed by atoms with E-state index in [0.29, 0.717) is 19.5 Å². The van der Waals surface area contributed by atoms with E-state index in [0.717, 1.165) is 16.7 Å². The van der Waals surface area contributed by atoms with Crippen molar-refractivity contribution in [3.05, 3.63) is 71.0 Å². The average molecular weight is 285 g/mol. The van der Waals surface area contributed by atoms with Crippen molar-refractivity contribution >= 4 is 5.97 Å². The second kappa shape index (κ2) is 5.66. The highest BCUT2D eigenvalue weighted by atomic mass is 19.1. The number of halogens is 1. The van der Waals surface area contributed by atoms with E-state index in [2.05, 4.69) is 0 Å². The number of benzene rings is 2. The number of carboxylic acids is 1. The molecule has 0 fully saturated rings. The first-order chi connectivity index (χ1) is 10.1. The fourth-order valence-electron chi connectivity index (χ4n) is 2.86. The molecule has 0 saturated carbocycles. The molecule has 1 aliphatic heterocycles. The lowest BCUT2D eigenvalue weighted by Crippen LogP contribution is -2.45. The van der Waals surface area contributed by atoms with Gasteiger partial charge in [0, 0.05) is 13.1 Å². The number of nitrogens with zero attached hydrogens (tertiary/aromatic N) is 1. The highest BCUT2D eigenvalue weighted by Crippen LogP contribution is 2.25. The maximum atomic E-state index is 13.3. The molecule has 0 spiro atoms. The van der Waals surface area contributed by atoms with Crippen LogP contribution >= 0.6 is 0 Å². The normalized spacial score (nSPS) is 18.2. The minimum atomic E-state index is -0.832. The van der Waals surface area contributed by atoms with Gasteiger partial charge in [-0.15, -0.1) is 0 Å². The van der Waals surface area contributed by atoms with Crippen LogP contribution in [0.15, 0.2) is 48.5 Å². The molecule has 0 saturated heterocycles. The molecule has 1 N–H and O–H groups in total. The van der Waals surface area contributed by atoms with Crippen molar-refractivity contribution in [2.24, 2.45) is 0 Å². The summed E-state index contributed by atoms with van der Waals surface area (Å²) in [4.78, 5) is 13.4. The zero-order valence-corrected chi connectivity index (χ0v) is 11.5. The lowest BCUT2D eigenvalue weighted by atomic mass is 9.93. The SMILES string of the molecule is O=C(O)C1Cc2ccccc2CN1Cc1cccc(F)c1. The summed E-state index contributed by atoms with van der Waals surface area (Å²) < 4.78 is 13.3. The fraction of sp³-hybridized carbons (Fsp3) is 0.235. The Balaban J connectivity index is 1.87. The molecule has 2 aromatic rings. The first-order valence-corrected chi connectivity index (χ1v) is 6.91. The first-order valence-electron chi connectivity index (χ1n) is 6.91. The van der Waals surface area contributed by atoms with Crippen LogP contribution in [0.25, 0.3) is 0 Å². The van der Waals surface area contributed by atoms with Gasteiger partial charge in [-0.25, -0.2) is 4.39 Å². The summed E-state index contributed by atoms with van der Waals surface area (Å²) in [7, 11) is 0. The van der Waals surface area contributed by atoms with Crippen LogP contribution in [0.5, 0.6) is 0 Å². The van der Waals surface area contributed by atoms with Gasteiger partial charge < -0.3 is 5.11 Å². The van der Waals surface area contributed by atoms with Gasteiger partial charge in [-0.05, 0) is 35.2 Å². The molecule has 1 unspecified atom stereocenters. The minimum absolute atomic E-state index is 0.295. The minimum Gasteiger partial charge on any atom is -0.480 e. The van der Waals surface area contributed by atoms with Gasteiger partial charge >= 0.3 is 5.97 Å². The maximum Gasteiger partial charge on any atom is 0.321 e. The van der Waals surface area contributed by atoms with E-state index >= 15 is 0 Å². The molecule has 0 bridgehead atoms. The molecule has 1 heterocycles. The highest BCUT2D eigenvalue weighted by Gasteiger charge is 2.31. The van der Waals surface area contributed by atoms with Crippen LogP contribution in [0.4, 0.5) is 4.39 Å². The Labute approximate surface area is 122 Å². The van der Waals surface area contributed by atoms with E-state index in [9.17, 15) is 14.3 Å². The summed E-state index contributed by atoms with van der Waals surface area (Å²) in [5.74, 6) is -1.13. The number of aliphatic carboxylic acids is 1. The summed E-state index contributed by atoms with van der Waals surface area (Å²) in [5, 5.41) is 9.45. The number of hydrogen-bond donors (Lipinski definition) is 1. The predicted octanol–water partition coefficient (Wildman–Crippen LogP) is 2.84. The Morgan fingerprint density at radius 3 is 2.67 bits per heavy atom. The van der Waals surface area contributed by atoms with Gasteiger partial charge in [0.05, 0.1) is 0 Å². The lowest BCUT2D eigenvalue weighted by Gasteiger charge is -2.34. The molecule has 1 atom stereocenters. The number of rotatable bonds is 3. The Kier molecular flexibility index (Phi) is 3.71. The van der Waals surface area contributed by atoms with Crippen LogP contribution in [0.3, 0.4) is 0 Å². The second-order valence-corrected chi connectivity index (χ2v) is 5.36. The number of carboxylic acid groups (broad SMARTS) is 1. The molecule has 0 aromatic heterocycles. The highest BCUT2D eigenvalue weighted by molar-refractivity contribution is 5.74. The molecule has 3 rings (SSSR count). The maximum absolute atomic E-state index is 13.3. The van der Waals surface area contributed by atoms with Gasteiger partial charge in [-0.2, -0.15) is 0 Å².